The van der Waals surface area contributed by atoms with E-state index < -0.39 is 34.1 Å². The maximum Gasteiger partial charge on any atom is 0.490 e. The van der Waals surface area contributed by atoms with E-state index in [0.717, 1.165) is 42.6 Å². The number of sulfone groups is 1. The van der Waals surface area contributed by atoms with E-state index in [1.807, 2.05) is 12.1 Å². The van der Waals surface area contributed by atoms with Crippen LogP contribution < -0.4 is 10.6 Å². The summed E-state index contributed by atoms with van der Waals surface area (Å²) in [6.45, 7) is 3.55. The lowest BCUT2D eigenvalue weighted by Gasteiger charge is -2.27. The first kappa shape index (κ1) is 38.0. The van der Waals surface area contributed by atoms with Gasteiger partial charge in [-0.3, -0.25) is 9.69 Å². The highest BCUT2D eigenvalue weighted by atomic mass is 32.2. The van der Waals surface area contributed by atoms with Gasteiger partial charge in [0.25, 0.3) is 5.91 Å². The molecule has 5 rings (SSSR count). The summed E-state index contributed by atoms with van der Waals surface area (Å²) < 4.78 is 87.0. The number of fused-ring (bicyclic) bond motifs is 2. The second-order valence-electron chi connectivity index (χ2n) is 10.9. The molecule has 4 N–H and O–H groups in total. The van der Waals surface area contributed by atoms with E-state index in [0.29, 0.717) is 24.2 Å². The molecule has 2 aliphatic heterocycles. The minimum Gasteiger partial charge on any atom is -0.475 e. The summed E-state index contributed by atoms with van der Waals surface area (Å²) in [6.07, 6.45) is -7.77. The second kappa shape index (κ2) is 15.6. The van der Waals surface area contributed by atoms with Gasteiger partial charge in [0.05, 0.1) is 4.90 Å². The number of aliphatic carboxylic acids is 2. The predicted molar refractivity (Wildman–Crippen MR) is 161 cm³/mol. The SMILES string of the molecule is CS(=O)(=O)c1cccc(C(=O)NCc2cccc(-c3cccc(CN4C[C@@H]5C[C@H]4CN5)c3)c2)c1.O=C(O)C(F)(F)F.O=C(O)C(F)(F)F. The zero-order valence-electron chi connectivity index (χ0n) is 25.2. The number of piperazine rings is 1. The first-order valence-corrected chi connectivity index (χ1v) is 16.0. The topological polar surface area (TPSA) is 153 Å². The van der Waals surface area contributed by atoms with E-state index >= 15 is 0 Å². The molecule has 2 bridgehead atoms. The third-order valence-electron chi connectivity index (χ3n) is 7.21. The molecule has 0 aliphatic carbocycles. The number of nitrogens with zero attached hydrogens (tertiary/aromatic N) is 1. The number of nitrogens with one attached hydrogen (secondary N) is 2. The lowest BCUT2D eigenvalue weighted by Crippen LogP contribution is -2.42. The number of carboxylic acid groups (broad SMARTS) is 2. The average Bonchev–Trinajstić information content (AvgIpc) is 3.63. The molecular weight excluding hydrogens is 672 g/mol. The minimum absolute atomic E-state index is 0.139. The molecule has 3 aromatic rings. The van der Waals surface area contributed by atoms with Gasteiger partial charge in [0, 0.05) is 50.1 Å². The van der Waals surface area contributed by atoms with Crippen LogP contribution >= 0.6 is 0 Å². The van der Waals surface area contributed by atoms with Crippen LogP contribution in [0.15, 0.2) is 77.7 Å². The molecule has 2 fully saturated rings. The number of halogens is 6. The molecule has 0 aromatic heterocycles. The van der Waals surface area contributed by atoms with Crippen molar-refractivity contribution in [1.29, 1.82) is 0 Å². The minimum atomic E-state index is -5.08. The quantitative estimate of drug-likeness (QED) is 0.261. The molecule has 1 amide bonds. The van der Waals surface area contributed by atoms with Gasteiger partial charge in [-0.1, -0.05) is 42.5 Å². The van der Waals surface area contributed by atoms with Crippen molar-refractivity contribution in [3.8, 4) is 11.1 Å². The fourth-order valence-electron chi connectivity index (χ4n) is 4.94. The van der Waals surface area contributed by atoms with Gasteiger partial charge in [-0.15, -0.1) is 0 Å². The van der Waals surface area contributed by atoms with Gasteiger partial charge in [0.1, 0.15) is 0 Å². The van der Waals surface area contributed by atoms with Crippen molar-refractivity contribution in [2.24, 2.45) is 0 Å². The van der Waals surface area contributed by atoms with Gasteiger partial charge < -0.3 is 20.8 Å². The highest BCUT2D eigenvalue weighted by molar-refractivity contribution is 7.90. The van der Waals surface area contributed by atoms with Crippen LogP contribution in [0.5, 0.6) is 0 Å². The Morgan fingerprint density at radius 2 is 1.38 bits per heavy atom. The lowest BCUT2D eigenvalue weighted by molar-refractivity contribution is -0.193. The number of carbonyl (C=O) groups is 3. The Labute approximate surface area is 271 Å². The van der Waals surface area contributed by atoms with E-state index in [1.54, 1.807) is 12.1 Å². The summed E-state index contributed by atoms with van der Waals surface area (Å²) >= 11 is 0. The number of rotatable bonds is 7. The second-order valence-corrected chi connectivity index (χ2v) is 12.9. The Bertz CT molecular complexity index is 1710. The van der Waals surface area contributed by atoms with Crippen molar-refractivity contribution in [1.82, 2.24) is 15.5 Å². The van der Waals surface area contributed by atoms with Gasteiger partial charge in [0.2, 0.25) is 0 Å². The molecule has 0 radical (unpaired) electrons. The summed E-state index contributed by atoms with van der Waals surface area (Å²) in [5, 5.41) is 20.7. The van der Waals surface area contributed by atoms with Crippen molar-refractivity contribution in [2.45, 2.75) is 48.8 Å². The predicted octanol–water partition coefficient (Wildman–Crippen LogP) is 4.50. The fourth-order valence-corrected chi connectivity index (χ4v) is 5.60. The molecule has 3 aromatic carbocycles. The van der Waals surface area contributed by atoms with Crippen LogP contribution in [0.4, 0.5) is 26.3 Å². The van der Waals surface area contributed by atoms with E-state index in [4.69, 9.17) is 19.8 Å². The third kappa shape index (κ3) is 11.3. The molecule has 0 spiro atoms. The average molecular weight is 704 g/mol. The monoisotopic (exact) mass is 703 g/mol. The fraction of sp³-hybridized carbons (Fsp3) is 0.323. The zero-order valence-corrected chi connectivity index (χ0v) is 26.0. The van der Waals surface area contributed by atoms with Crippen molar-refractivity contribution >= 4 is 27.7 Å². The molecule has 2 aliphatic rings. The molecule has 2 atom stereocenters. The van der Waals surface area contributed by atoms with Crippen LogP contribution in [0, 0.1) is 0 Å². The number of alkyl halides is 6. The standard InChI is InChI=1S/C27H29N3O3S.2C2HF3O2/c1-34(32,33)26-10-4-9-23(13-26)27(31)29-15-19-5-2-7-21(11-19)22-8-3-6-20(12-22)17-30-18-24-14-25(30)16-28-24;2*3-2(4,5)1(6)7/h2-13,24-25,28H,14-18H2,1H3,(H,29,31);2*(H,6,7)/t24-,25-;;/m0../s1. The molecule has 10 nitrogen and oxygen atoms in total. The molecule has 2 saturated heterocycles. The third-order valence-corrected chi connectivity index (χ3v) is 8.32. The number of amides is 1. The largest absolute Gasteiger partial charge is 0.490 e. The van der Waals surface area contributed by atoms with Gasteiger partial charge >= 0.3 is 24.3 Å². The van der Waals surface area contributed by atoms with Crippen LogP contribution in [0.3, 0.4) is 0 Å². The van der Waals surface area contributed by atoms with Gasteiger partial charge in [0.15, 0.2) is 9.84 Å². The van der Waals surface area contributed by atoms with E-state index in [1.165, 1.54) is 24.1 Å². The molecule has 260 valence electrons. The van der Waals surface area contributed by atoms with Crippen molar-refractivity contribution in [2.75, 3.05) is 19.3 Å². The Morgan fingerprint density at radius 3 is 1.85 bits per heavy atom. The van der Waals surface area contributed by atoms with Crippen LogP contribution in [-0.4, -0.2) is 85.2 Å². The van der Waals surface area contributed by atoms with Gasteiger partial charge in [-0.05, 0) is 59.0 Å². The van der Waals surface area contributed by atoms with E-state index in [2.05, 4.69) is 51.9 Å². The number of benzene rings is 3. The highest BCUT2D eigenvalue weighted by Gasteiger charge is 2.39. The number of carbonyl (C=O) groups excluding carboxylic acids is 1. The summed E-state index contributed by atoms with van der Waals surface area (Å²) in [4.78, 5) is 33.1. The molecule has 0 unspecified atom stereocenters. The van der Waals surface area contributed by atoms with Crippen LogP contribution in [0.2, 0.25) is 0 Å². The summed E-state index contributed by atoms with van der Waals surface area (Å²) in [5.74, 6) is -5.81. The lowest BCUT2D eigenvalue weighted by atomic mass is 10.0. The van der Waals surface area contributed by atoms with E-state index in [-0.39, 0.29) is 10.8 Å². The maximum absolute atomic E-state index is 12.6. The van der Waals surface area contributed by atoms with Crippen LogP contribution in [0.25, 0.3) is 11.1 Å². The number of likely N-dealkylation sites (tertiary alicyclic amines) is 1. The Morgan fingerprint density at radius 1 is 0.854 bits per heavy atom. The molecule has 0 saturated carbocycles. The maximum atomic E-state index is 12.6. The molecular formula is C31H31F6N3O7S. The Balaban J connectivity index is 0.000000376. The summed E-state index contributed by atoms with van der Waals surface area (Å²) in [6, 6.07) is 24.2. The van der Waals surface area contributed by atoms with Crippen molar-refractivity contribution in [3.63, 3.8) is 0 Å². The normalized spacial score (nSPS) is 17.4. The first-order chi connectivity index (χ1) is 22.2. The Hall–Kier alpha value is -4.48. The molecule has 2 heterocycles. The van der Waals surface area contributed by atoms with Gasteiger partial charge in [-0.25, -0.2) is 18.0 Å². The number of hydrogen-bond donors (Lipinski definition) is 4. The number of hydrogen-bond acceptors (Lipinski definition) is 7. The molecule has 48 heavy (non-hydrogen) atoms. The summed E-state index contributed by atoms with van der Waals surface area (Å²) in [5.41, 5.74) is 4.90. The first-order valence-electron chi connectivity index (χ1n) is 14.1. The van der Waals surface area contributed by atoms with Crippen molar-refractivity contribution in [3.05, 3.63) is 89.5 Å². The van der Waals surface area contributed by atoms with Crippen molar-refractivity contribution < 1.29 is 59.4 Å². The number of carboxylic acids is 2. The van der Waals surface area contributed by atoms with Gasteiger partial charge in [-0.2, -0.15) is 26.3 Å². The van der Waals surface area contributed by atoms with Crippen LogP contribution in [0.1, 0.15) is 27.9 Å². The summed E-state index contributed by atoms with van der Waals surface area (Å²) in [7, 11) is -3.36. The van der Waals surface area contributed by atoms with E-state index in [9.17, 15) is 39.6 Å². The smallest absolute Gasteiger partial charge is 0.475 e. The highest BCUT2D eigenvalue weighted by Crippen LogP contribution is 2.27. The zero-order chi connectivity index (χ0) is 35.9. The van der Waals surface area contributed by atoms with Crippen LogP contribution in [-0.2, 0) is 32.5 Å². The Kier molecular flexibility index (Phi) is 12.4. The molecule has 17 heteroatoms.